The van der Waals surface area contributed by atoms with Crippen molar-refractivity contribution < 1.29 is 14.7 Å². The summed E-state index contributed by atoms with van der Waals surface area (Å²) in [5.41, 5.74) is 6.24. The van der Waals surface area contributed by atoms with E-state index in [-0.39, 0.29) is 18.0 Å². The lowest BCUT2D eigenvalue weighted by Crippen LogP contribution is -2.43. The van der Waals surface area contributed by atoms with Crippen LogP contribution in [0.2, 0.25) is 0 Å². The third-order valence-corrected chi connectivity index (χ3v) is 3.15. The fourth-order valence-corrected chi connectivity index (χ4v) is 1.92. The van der Waals surface area contributed by atoms with Gasteiger partial charge in [0.05, 0.1) is 6.10 Å². The molecule has 0 unspecified atom stereocenters. The van der Waals surface area contributed by atoms with E-state index in [4.69, 9.17) is 16.0 Å². The van der Waals surface area contributed by atoms with Gasteiger partial charge in [-0.3, -0.25) is 0 Å². The van der Waals surface area contributed by atoms with Gasteiger partial charge in [0.1, 0.15) is 5.82 Å². The standard InChI is InChI=1S/C12H16FN3O2/c13-11-3-7(12(14)16-18)1-2-8(11)6-15-9-4-10(17)5-9/h1-3,9-10,15,17-18H,4-6H2,(H2,14,16). The predicted octanol–water partition coefficient (Wildman–Crippen LogP) is 0.533. The Labute approximate surface area is 104 Å². The maximum Gasteiger partial charge on any atom is 0.170 e. The molecule has 0 aliphatic heterocycles. The second-order valence-corrected chi connectivity index (χ2v) is 4.49. The molecule has 1 saturated carbocycles. The molecule has 18 heavy (non-hydrogen) atoms. The molecule has 2 rings (SSSR count). The van der Waals surface area contributed by atoms with E-state index in [2.05, 4.69) is 10.5 Å². The van der Waals surface area contributed by atoms with Crippen LogP contribution >= 0.6 is 0 Å². The molecule has 0 radical (unpaired) electrons. The normalized spacial score (nSPS) is 23.8. The molecule has 0 aromatic heterocycles. The second kappa shape index (κ2) is 5.32. The molecule has 1 aromatic rings. The lowest BCUT2D eigenvalue weighted by molar-refractivity contribution is 0.0618. The third-order valence-electron chi connectivity index (χ3n) is 3.15. The monoisotopic (exact) mass is 253 g/mol. The maximum absolute atomic E-state index is 13.7. The van der Waals surface area contributed by atoms with Gasteiger partial charge in [0.15, 0.2) is 5.84 Å². The minimum Gasteiger partial charge on any atom is -0.409 e. The lowest BCUT2D eigenvalue weighted by atomic mass is 9.89. The van der Waals surface area contributed by atoms with Crippen molar-refractivity contribution in [3.63, 3.8) is 0 Å². The molecule has 1 aromatic carbocycles. The summed E-state index contributed by atoms with van der Waals surface area (Å²) in [6, 6.07) is 4.69. The van der Waals surface area contributed by atoms with Crippen molar-refractivity contribution in [3.05, 3.63) is 35.1 Å². The highest BCUT2D eigenvalue weighted by Crippen LogP contribution is 2.20. The van der Waals surface area contributed by atoms with Crippen molar-refractivity contribution in [2.45, 2.75) is 31.5 Å². The lowest BCUT2D eigenvalue weighted by Gasteiger charge is -2.32. The van der Waals surface area contributed by atoms with E-state index in [0.29, 0.717) is 30.5 Å². The van der Waals surface area contributed by atoms with Gasteiger partial charge in [-0.2, -0.15) is 0 Å². The van der Waals surface area contributed by atoms with Crippen LogP contribution < -0.4 is 11.1 Å². The number of aliphatic hydroxyl groups excluding tert-OH is 1. The summed E-state index contributed by atoms with van der Waals surface area (Å²) in [5.74, 6) is -0.512. The van der Waals surface area contributed by atoms with Crippen molar-refractivity contribution in [2.24, 2.45) is 10.9 Å². The van der Waals surface area contributed by atoms with Gasteiger partial charge in [0.2, 0.25) is 0 Å². The van der Waals surface area contributed by atoms with Gasteiger partial charge >= 0.3 is 0 Å². The van der Waals surface area contributed by atoms with Crippen LogP contribution in [0.4, 0.5) is 4.39 Å². The van der Waals surface area contributed by atoms with E-state index < -0.39 is 5.82 Å². The van der Waals surface area contributed by atoms with Crippen LogP contribution in [0.15, 0.2) is 23.4 Å². The Hall–Kier alpha value is -1.66. The van der Waals surface area contributed by atoms with Crippen molar-refractivity contribution in [1.29, 1.82) is 0 Å². The van der Waals surface area contributed by atoms with E-state index in [1.165, 1.54) is 6.07 Å². The average Bonchev–Trinajstić information content (AvgIpc) is 2.33. The van der Waals surface area contributed by atoms with Crippen LogP contribution in [0.3, 0.4) is 0 Å². The van der Waals surface area contributed by atoms with Gasteiger partial charge in [-0.05, 0) is 18.9 Å². The van der Waals surface area contributed by atoms with E-state index in [1.54, 1.807) is 12.1 Å². The van der Waals surface area contributed by atoms with Crippen LogP contribution in [0.5, 0.6) is 0 Å². The van der Waals surface area contributed by atoms with Crippen LogP contribution in [0.1, 0.15) is 24.0 Å². The molecule has 5 N–H and O–H groups in total. The smallest absolute Gasteiger partial charge is 0.170 e. The number of hydrogen-bond donors (Lipinski definition) is 4. The Morgan fingerprint density at radius 2 is 2.22 bits per heavy atom. The quantitative estimate of drug-likeness (QED) is 0.273. The topological polar surface area (TPSA) is 90.9 Å². The Balaban J connectivity index is 1.97. The molecule has 0 amide bonds. The Bertz CT molecular complexity index is 459. The van der Waals surface area contributed by atoms with Gasteiger partial charge in [-0.1, -0.05) is 17.3 Å². The van der Waals surface area contributed by atoms with Crippen LogP contribution in [-0.2, 0) is 6.54 Å². The van der Waals surface area contributed by atoms with Crippen LogP contribution in [0, 0.1) is 5.82 Å². The van der Waals surface area contributed by atoms with Crippen molar-refractivity contribution in [3.8, 4) is 0 Å². The number of benzene rings is 1. The summed E-state index contributed by atoms with van der Waals surface area (Å²) in [6.07, 6.45) is 1.20. The first-order chi connectivity index (χ1) is 8.60. The first-order valence-electron chi connectivity index (χ1n) is 5.78. The summed E-state index contributed by atoms with van der Waals surface area (Å²) < 4.78 is 13.7. The minimum absolute atomic E-state index is 0.115. The van der Waals surface area contributed by atoms with Crippen molar-refractivity contribution in [1.82, 2.24) is 5.32 Å². The fraction of sp³-hybridized carbons (Fsp3) is 0.417. The highest BCUT2D eigenvalue weighted by molar-refractivity contribution is 5.97. The van der Waals surface area contributed by atoms with Gasteiger partial charge in [0.25, 0.3) is 0 Å². The molecule has 0 saturated heterocycles. The highest BCUT2D eigenvalue weighted by atomic mass is 19.1. The molecule has 1 aliphatic rings. The van der Waals surface area contributed by atoms with E-state index in [9.17, 15) is 4.39 Å². The maximum atomic E-state index is 13.7. The SMILES string of the molecule is NC(=NO)c1ccc(CNC2CC(O)C2)c(F)c1. The summed E-state index contributed by atoms with van der Waals surface area (Å²) in [7, 11) is 0. The zero-order chi connectivity index (χ0) is 13.1. The number of aliphatic hydroxyl groups is 1. The number of nitrogens with one attached hydrogen (secondary N) is 1. The van der Waals surface area contributed by atoms with Gasteiger partial charge < -0.3 is 21.4 Å². The molecule has 0 atom stereocenters. The molecule has 98 valence electrons. The number of nitrogens with zero attached hydrogens (tertiary/aromatic N) is 1. The molecule has 1 fully saturated rings. The number of hydrogen-bond acceptors (Lipinski definition) is 4. The van der Waals surface area contributed by atoms with Gasteiger partial charge in [-0.25, -0.2) is 4.39 Å². The number of halogens is 1. The predicted molar refractivity (Wildman–Crippen MR) is 64.8 cm³/mol. The number of nitrogens with two attached hydrogens (primary N) is 1. The fourth-order valence-electron chi connectivity index (χ4n) is 1.92. The number of rotatable bonds is 4. The molecular weight excluding hydrogens is 237 g/mol. The largest absolute Gasteiger partial charge is 0.409 e. The molecule has 0 heterocycles. The number of amidine groups is 1. The summed E-state index contributed by atoms with van der Waals surface area (Å²) in [4.78, 5) is 0. The van der Waals surface area contributed by atoms with E-state index in [1.807, 2.05) is 0 Å². The van der Waals surface area contributed by atoms with Gasteiger partial charge in [0, 0.05) is 23.7 Å². The first-order valence-corrected chi connectivity index (χ1v) is 5.78. The van der Waals surface area contributed by atoms with Crippen molar-refractivity contribution >= 4 is 5.84 Å². The summed E-state index contributed by atoms with van der Waals surface area (Å²) >= 11 is 0. The first kappa shape index (κ1) is 12.8. The number of oxime groups is 1. The van der Waals surface area contributed by atoms with Crippen molar-refractivity contribution in [2.75, 3.05) is 0 Å². The second-order valence-electron chi connectivity index (χ2n) is 4.49. The van der Waals surface area contributed by atoms with E-state index >= 15 is 0 Å². The Morgan fingerprint density at radius 3 is 2.78 bits per heavy atom. The summed E-state index contributed by atoms with van der Waals surface area (Å²) in [5, 5.41) is 23.6. The molecule has 0 bridgehead atoms. The molecule has 5 nitrogen and oxygen atoms in total. The zero-order valence-electron chi connectivity index (χ0n) is 9.81. The van der Waals surface area contributed by atoms with Crippen LogP contribution in [0.25, 0.3) is 0 Å². The van der Waals surface area contributed by atoms with E-state index in [0.717, 1.165) is 0 Å². The van der Waals surface area contributed by atoms with Gasteiger partial charge in [-0.15, -0.1) is 0 Å². The Morgan fingerprint density at radius 1 is 1.50 bits per heavy atom. The molecule has 0 spiro atoms. The third kappa shape index (κ3) is 2.77. The molecule has 6 heteroatoms. The summed E-state index contributed by atoms with van der Waals surface area (Å²) in [6.45, 7) is 0.402. The van der Waals surface area contributed by atoms with Crippen LogP contribution in [-0.4, -0.2) is 28.3 Å². The molecular formula is C12H16FN3O2. The minimum atomic E-state index is -0.397. The average molecular weight is 253 g/mol. The highest BCUT2D eigenvalue weighted by Gasteiger charge is 2.26. The zero-order valence-corrected chi connectivity index (χ0v) is 9.81. The molecule has 1 aliphatic carbocycles. The Kier molecular flexibility index (Phi) is 3.78.